The second kappa shape index (κ2) is 12.5. The Bertz CT molecular complexity index is 1040. The third kappa shape index (κ3) is 7.37. The smallest absolute Gasteiger partial charge is 0.249 e. The van der Waals surface area contributed by atoms with E-state index in [9.17, 15) is 9.59 Å². The van der Waals surface area contributed by atoms with Gasteiger partial charge in [0.25, 0.3) is 0 Å². The molecule has 33 heavy (non-hydrogen) atoms. The van der Waals surface area contributed by atoms with E-state index in [1.807, 2.05) is 49.4 Å². The van der Waals surface area contributed by atoms with E-state index in [1.54, 1.807) is 12.1 Å². The molecule has 0 aliphatic carbocycles. The third-order valence-electron chi connectivity index (χ3n) is 5.43. The minimum atomic E-state index is -0.710. The maximum atomic E-state index is 13.2. The molecule has 2 N–H and O–H groups in total. The summed E-state index contributed by atoms with van der Waals surface area (Å²) in [5, 5.41) is 15.8. The Hall–Kier alpha value is -2.77. The zero-order chi connectivity index (χ0) is 23.6. The number of unbranched alkanes of at least 4 members (excludes halogenated alkanes) is 1. The molecular formula is C25H29ClN4O2S. The number of aromatic nitrogens is 2. The van der Waals surface area contributed by atoms with E-state index in [1.165, 1.54) is 11.3 Å². The van der Waals surface area contributed by atoms with Gasteiger partial charge in [0.15, 0.2) is 0 Å². The highest BCUT2D eigenvalue weighted by molar-refractivity contribution is 7.18. The fraction of sp³-hybridized carbons (Fsp3) is 0.360. The molecule has 3 aromatic rings. The largest absolute Gasteiger partial charge is 0.344 e. The van der Waals surface area contributed by atoms with Crippen LogP contribution in [0.1, 0.15) is 45.1 Å². The molecule has 8 heteroatoms. The van der Waals surface area contributed by atoms with Crippen LogP contribution < -0.4 is 10.6 Å². The van der Waals surface area contributed by atoms with Crippen molar-refractivity contribution in [3.05, 3.63) is 65.2 Å². The zero-order valence-corrected chi connectivity index (χ0v) is 20.5. The second-order valence-electron chi connectivity index (χ2n) is 7.91. The number of carbonyl (C=O) groups is 2. The molecule has 0 unspecified atom stereocenters. The van der Waals surface area contributed by atoms with Gasteiger partial charge in [0.1, 0.15) is 11.0 Å². The van der Waals surface area contributed by atoms with Crippen molar-refractivity contribution in [2.75, 3.05) is 5.32 Å². The minimum absolute atomic E-state index is 0.0823. The highest BCUT2D eigenvalue weighted by atomic mass is 35.5. The van der Waals surface area contributed by atoms with Gasteiger partial charge in [-0.15, -0.1) is 10.2 Å². The van der Waals surface area contributed by atoms with Crippen LogP contribution in [0, 0.1) is 5.92 Å². The van der Waals surface area contributed by atoms with Crippen LogP contribution in [0.2, 0.25) is 5.02 Å². The molecule has 0 radical (unpaired) electrons. The molecule has 2 atom stereocenters. The quantitative estimate of drug-likeness (QED) is 0.363. The fourth-order valence-electron chi connectivity index (χ4n) is 3.50. The molecule has 0 bridgehead atoms. The van der Waals surface area contributed by atoms with E-state index < -0.39 is 6.04 Å². The van der Waals surface area contributed by atoms with Crippen LogP contribution in [0.3, 0.4) is 0 Å². The van der Waals surface area contributed by atoms with Gasteiger partial charge < -0.3 is 5.32 Å². The first-order valence-electron chi connectivity index (χ1n) is 11.2. The molecule has 3 rings (SSSR count). The van der Waals surface area contributed by atoms with Crippen LogP contribution in [0.5, 0.6) is 0 Å². The summed E-state index contributed by atoms with van der Waals surface area (Å²) < 4.78 is 0. The number of carbonyl (C=O) groups excluding carboxylic acids is 2. The van der Waals surface area contributed by atoms with Crippen molar-refractivity contribution < 1.29 is 9.59 Å². The Morgan fingerprint density at radius 2 is 1.73 bits per heavy atom. The average molecular weight is 485 g/mol. The van der Waals surface area contributed by atoms with Crippen molar-refractivity contribution in [1.82, 2.24) is 15.5 Å². The maximum absolute atomic E-state index is 13.2. The van der Waals surface area contributed by atoms with E-state index in [0.29, 0.717) is 21.6 Å². The second-order valence-corrected chi connectivity index (χ2v) is 9.32. The number of nitrogens with zero attached hydrogens (tertiary/aromatic N) is 2. The molecule has 6 nitrogen and oxygen atoms in total. The van der Waals surface area contributed by atoms with Crippen molar-refractivity contribution in [1.29, 1.82) is 0 Å². The van der Waals surface area contributed by atoms with Gasteiger partial charge in [0.05, 0.1) is 0 Å². The van der Waals surface area contributed by atoms with Crippen molar-refractivity contribution in [2.24, 2.45) is 5.92 Å². The number of hydrogen-bond donors (Lipinski definition) is 2. The first-order valence-corrected chi connectivity index (χ1v) is 12.4. The maximum Gasteiger partial charge on any atom is 0.249 e. The van der Waals surface area contributed by atoms with Crippen molar-refractivity contribution >= 4 is 39.9 Å². The molecule has 1 heterocycles. The lowest BCUT2D eigenvalue weighted by molar-refractivity contribution is -0.129. The summed E-state index contributed by atoms with van der Waals surface area (Å²) in [7, 11) is 0. The fourth-order valence-corrected chi connectivity index (χ4v) is 4.37. The molecule has 0 aliphatic heterocycles. The Labute approximate surface area is 203 Å². The number of halogens is 1. The number of amides is 2. The van der Waals surface area contributed by atoms with Gasteiger partial charge in [-0.2, -0.15) is 0 Å². The summed E-state index contributed by atoms with van der Waals surface area (Å²) in [6.07, 6.45) is 3.97. The first kappa shape index (κ1) is 24.9. The standard InChI is InChI=1S/C25H29ClN4O2S/c1-3-5-11-18(4-2)22(31)27-21(16-17-9-7-6-8-10-17)23(32)28-25-30-29-24(33-25)19-12-14-20(26)15-13-19/h6-10,12-15,18,21H,3-5,11,16H2,1-2H3,(H,27,31)(H,28,30,32)/t18-,21-/m0/s1. The van der Waals surface area contributed by atoms with Crippen molar-refractivity contribution in [2.45, 2.75) is 52.0 Å². The Kier molecular flexibility index (Phi) is 9.39. The van der Waals surface area contributed by atoms with E-state index in [0.717, 1.165) is 36.8 Å². The van der Waals surface area contributed by atoms with Gasteiger partial charge >= 0.3 is 0 Å². The zero-order valence-electron chi connectivity index (χ0n) is 18.9. The number of nitrogens with one attached hydrogen (secondary N) is 2. The van der Waals surface area contributed by atoms with Crippen LogP contribution in [-0.4, -0.2) is 28.1 Å². The average Bonchev–Trinajstić information content (AvgIpc) is 3.28. The van der Waals surface area contributed by atoms with E-state index >= 15 is 0 Å². The van der Waals surface area contributed by atoms with Crippen LogP contribution in [0.4, 0.5) is 5.13 Å². The summed E-state index contributed by atoms with van der Waals surface area (Å²) in [5.41, 5.74) is 1.84. The minimum Gasteiger partial charge on any atom is -0.344 e. The molecule has 2 aromatic carbocycles. The lowest BCUT2D eigenvalue weighted by atomic mass is 9.97. The Morgan fingerprint density at radius 1 is 1.00 bits per heavy atom. The summed E-state index contributed by atoms with van der Waals surface area (Å²) in [6, 6.07) is 16.2. The number of anilines is 1. The lowest BCUT2D eigenvalue weighted by Crippen LogP contribution is -2.47. The van der Waals surface area contributed by atoms with Gasteiger partial charge in [0, 0.05) is 22.9 Å². The van der Waals surface area contributed by atoms with Crippen LogP contribution in [0.15, 0.2) is 54.6 Å². The van der Waals surface area contributed by atoms with Gasteiger partial charge in [-0.05, 0) is 30.5 Å². The number of benzene rings is 2. The van der Waals surface area contributed by atoms with Gasteiger partial charge in [0.2, 0.25) is 16.9 Å². The topological polar surface area (TPSA) is 84.0 Å². The van der Waals surface area contributed by atoms with Crippen molar-refractivity contribution in [3.8, 4) is 10.6 Å². The molecule has 0 saturated heterocycles. The van der Waals surface area contributed by atoms with Crippen LogP contribution >= 0.6 is 22.9 Å². The molecule has 0 aliphatic rings. The Morgan fingerprint density at radius 3 is 2.39 bits per heavy atom. The van der Waals surface area contributed by atoms with Gasteiger partial charge in [-0.3, -0.25) is 14.9 Å². The first-order chi connectivity index (χ1) is 16.0. The monoisotopic (exact) mass is 484 g/mol. The highest BCUT2D eigenvalue weighted by Crippen LogP contribution is 2.27. The highest BCUT2D eigenvalue weighted by Gasteiger charge is 2.26. The van der Waals surface area contributed by atoms with Crippen LogP contribution in [-0.2, 0) is 16.0 Å². The van der Waals surface area contributed by atoms with E-state index in [4.69, 9.17) is 11.6 Å². The molecule has 0 spiro atoms. The SMILES string of the molecule is CCCC[C@H](CC)C(=O)N[C@@H](Cc1ccccc1)C(=O)Nc1nnc(-c2ccc(Cl)cc2)s1. The molecule has 1 aromatic heterocycles. The predicted molar refractivity (Wildman–Crippen MR) is 134 cm³/mol. The summed E-state index contributed by atoms with van der Waals surface area (Å²) in [5.74, 6) is -0.494. The number of rotatable bonds is 11. The van der Waals surface area contributed by atoms with Gasteiger partial charge in [-0.25, -0.2) is 0 Å². The van der Waals surface area contributed by atoms with E-state index in [2.05, 4.69) is 27.8 Å². The molecular weight excluding hydrogens is 456 g/mol. The number of hydrogen-bond acceptors (Lipinski definition) is 5. The summed E-state index contributed by atoms with van der Waals surface area (Å²) in [6.45, 7) is 4.11. The summed E-state index contributed by atoms with van der Waals surface area (Å²) >= 11 is 7.23. The Balaban J connectivity index is 1.73. The van der Waals surface area contributed by atoms with E-state index in [-0.39, 0.29) is 17.7 Å². The molecule has 174 valence electrons. The molecule has 0 saturated carbocycles. The van der Waals surface area contributed by atoms with Crippen molar-refractivity contribution in [3.63, 3.8) is 0 Å². The lowest BCUT2D eigenvalue weighted by Gasteiger charge is -2.21. The summed E-state index contributed by atoms with van der Waals surface area (Å²) in [4.78, 5) is 26.1. The normalized spacial score (nSPS) is 12.7. The van der Waals surface area contributed by atoms with Gasteiger partial charge in [-0.1, -0.05) is 92.1 Å². The molecule has 0 fully saturated rings. The third-order valence-corrected chi connectivity index (χ3v) is 6.57. The van der Waals surface area contributed by atoms with Crippen LogP contribution in [0.25, 0.3) is 10.6 Å². The molecule has 2 amide bonds. The predicted octanol–water partition coefficient (Wildman–Crippen LogP) is 5.74.